The normalized spacial score (nSPS) is 11.4. The number of rotatable bonds is 38. The standard InChI is InChI=1S/C37H60O14/c1-39-10-11-40-12-13-41-14-15-42-16-17-43-18-19-44-20-21-45-22-23-46-24-25-47-26-27-48-28-29-49-30-31-50-32-33-51-37-8-4-35(5-9-37)34-2-6-36(38)7-3-34/h2-9,38H,10-33H2,1H3. The summed E-state index contributed by atoms with van der Waals surface area (Å²) in [5, 5.41) is 9.42. The molecule has 0 aliphatic heterocycles. The van der Waals surface area contributed by atoms with E-state index >= 15 is 0 Å². The highest BCUT2D eigenvalue weighted by molar-refractivity contribution is 5.64. The zero-order valence-corrected chi connectivity index (χ0v) is 30.3. The maximum Gasteiger partial charge on any atom is 0.119 e. The molecule has 0 fully saturated rings. The molecule has 0 spiro atoms. The molecule has 0 bridgehead atoms. The SMILES string of the molecule is COCCOCCOCCOCCOCCOCCOCCOCCOCCOCCOCCOCCOc1ccc(-c2ccc(O)cc2)cc1. The van der Waals surface area contributed by atoms with E-state index in [2.05, 4.69) is 0 Å². The second-order valence-corrected chi connectivity index (χ2v) is 10.6. The van der Waals surface area contributed by atoms with Gasteiger partial charge in [-0.15, -0.1) is 0 Å². The van der Waals surface area contributed by atoms with Gasteiger partial charge in [0, 0.05) is 7.11 Å². The van der Waals surface area contributed by atoms with Crippen LogP contribution in [0.5, 0.6) is 11.5 Å². The Morgan fingerprint density at radius 2 is 0.549 bits per heavy atom. The van der Waals surface area contributed by atoms with Crippen molar-refractivity contribution >= 4 is 0 Å². The minimum atomic E-state index is 0.253. The van der Waals surface area contributed by atoms with Gasteiger partial charge in [0.1, 0.15) is 18.1 Å². The lowest BCUT2D eigenvalue weighted by molar-refractivity contribution is -0.0282. The quantitative estimate of drug-likeness (QED) is 0.101. The van der Waals surface area contributed by atoms with E-state index in [4.69, 9.17) is 61.6 Å². The first kappa shape index (κ1) is 44.7. The summed E-state index contributed by atoms with van der Waals surface area (Å²) >= 11 is 0. The highest BCUT2D eigenvalue weighted by Gasteiger charge is 2.01. The van der Waals surface area contributed by atoms with Crippen LogP contribution in [-0.2, 0) is 56.8 Å². The van der Waals surface area contributed by atoms with Crippen molar-refractivity contribution in [1.29, 1.82) is 0 Å². The number of benzene rings is 2. The molecular formula is C37H60O14. The van der Waals surface area contributed by atoms with Crippen molar-refractivity contribution in [2.45, 2.75) is 0 Å². The molecule has 1 N–H and O–H groups in total. The Bertz CT molecular complexity index is 996. The van der Waals surface area contributed by atoms with E-state index in [0.29, 0.717) is 159 Å². The van der Waals surface area contributed by atoms with Gasteiger partial charge in [-0.05, 0) is 35.4 Å². The van der Waals surface area contributed by atoms with Gasteiger partial charge >= 0.3 is 0 Å². The summed E-state index contributed by atoms with van der Waals surface area (Å²) in [5.41, 5.74) is 2.09. The molecule has 0 unspecified atom stereocenters. The van der Waals surface area contributed by atoms with Crippen molar-refractivity contribution in [2.24, 2.45) is 0 Å². The smallest absolute Gasteiger partial charge is 0.119 e. The van der Waals surface area contributed by atoms with Crippen LogP contribution in [0.2, 0.25) is 0 Å². The van der Waals surface area contributed by atoms with Gasteiger partial charge in [-0.1, -0.05) is 24.3 Å². The number of hydrogen-bond acceptors (Lipinski definition) is 14. The lowest BCUT2D eigenvalue weighted by Crippen LogP contribution is -2.15. The van der Waals surface area contributed by atoms with Crippen molar-refractivity contribution in [3.63, 3.8) is 0 Å². The Balaban J connectivity index is 1.18. The topological polar surface area (TPSA) is 140 Å². The highest BCUT2D eigenvalue weighted by atomic mass is 16.6. The fourth-order valence-corrected chi connectivity index (χ4v) is 4.06. The van der Waals surface area contributed by atoms with Crippen LogP contribution in [-0.4, -0.2) is 171 Å². The molecule has 0 aliphatic rings. The van der Waals surface area contributed by atoms with Gasteiger partial charge in [0.25, 0.3) is 0 Å². The molecule has 0 atom stereocenters. The highest BCUT2D eigenvalue weighted by Crippen LogP contribution is 2.24. The zero-order chi connectivity index (χ0) is 36.1. The van der Waals surface area contributed by atoms with Gasteiger partial charge in [0.05, 0.1) is 152 Å². The third kappa shape index (κ3) is 27.8. The Morgan fingerprint density at radius 3 is 0.824 bits per heavy atom. The average molecular weight is 729 g/mol. The molecule has 2 aromatic rings. The van der Waals surface area contributed by atoms with Gasteiger partial charge in [0.2, 0.25) is 0 Å². The average Bonchev–Trinajstić information content (AvgIpc) is 3.15. The summed E-state index contributed by atoms with van der Waals surface area (Å²) < 4.78 is 70.8. The zero-order valence-electron chi connectivity index (χ0n) is 30.3. The van der Waals surface area contributed by atoms with Crippen molar-refractivity contribution < 1.29 is 66.7 Å². The third-order valence-electron chi connectivity index (χ3n) is 6.70. The minimum Gasteiger partial charge on any atom is -0.508 e. The minimum absolute atomic E-state index is 0.253. The van der Waals surface area contributed by atoms with E-state index in [-0.39, 0.29) is 5.75 Å². The molecule has 0 amide bonds. The third-order valence-corrected chi connectivity index (χ3v) is 6.70. The molecule has 2 rings (SSSR count). The molecule has 0 heterocycles. The largest absolute Gasteiger partial charge is 0.508 e. The van der Waals surface area contributed by atoms with Crippen LogP contribution in [0, 0.1) is 0 Å². The van der Waals surface area contributed by atoms with Crippen molar-refractivity contribution in [2.75, 3.05) is 166 Å². The first-order valence-corrected chi connectivity index (χ1v) is 17.7. The Hall–Kier alpha value is -2.44. The maximum atomic E-state index is 9.42. The van der Waals surface area contributed by atoms with Crippen LogP contribution in [0.3, 0.4) is 0 Å². The number of phenols is 1. The van der Waals surface area contributed by atoms with Crippen molar-refractivity contribution in [1.82, 2.24) is 0 Å². The van der Waals surface area contributed by atoms with E-state index < -0.39 is 0 Å². The second kappa shape index (κ2) is 34.6. The Labute approximate surface area is 303 Å². The van der Waals surface area contributed by atoms with Crippen molar-refractivity contribution in [3.8, 4) is 22.6 Å². The van der Waals surface area contributed by atoms with E-state index in [1.165, 1.54) is 0 Å². The van der Waals surface area contributed by atoms with E-state index in [9.17, 15) is 5.11 Å². The monoisotopic (exact) mass is 728 g/mol. The second-order valence-electron chi connectivity index (χ2n) is 10.6. The number of phenolic OH excluding ortho intramolecular Hbond substituents is 1. The summed E-state index contributed by atoms with van der Waals surface area (Å²) in [6.07, 6.45) is 0. The predicted octanol–water partition coefficient (Wildman–Crippen LogP) is 3.27. The van der Waals surface area contributed by atoms with Gasteiger partial charge in [-0.2, -0.15) is 0 Å². The molecule has 0 saturated carbocycles. The summed E-state index contributed by atoms with van der Waals surface area (Å²) in [7, 11) is 1.64. The molecule has 0 aliphatic carbocycles. The molecular weight excluding hydrogens is 668 g/mol. The molecule has 292 valence electrons. The maximum absolute atomic E-state index is 9.42. The first-order valence-electron chi connectivity index (χ1n) is 17.7. The Kier molecular flexibility index (Phi) is 30.4. The fraction of sp³-hybridized carbons (Fsp3) is 0.676. The van der Waals surface area contributed by atoms with Crippen LogP contribution < -0.4 is 4.74 Å². The summed E-state index contributed by atoms with van der Waals surface area (Å²) in [6.45, 7) is 12.3. The molecule has 51 heavy (non-hydrogen) atoms. The van der Waals surface area contributed by atoms with Crippen LogP contribution in [0.1, 0.15) is 0 Å². The van der Waals surface area contributed by atoms with Crippen molar-refractivity contribution in [3.05, 3.63) is 48.5 Å². The molecule has 14 heteroatoms. The predicted molar refractivity (Wildman–Crippen MR) is 190 cm³/mol. The summed E-state index contributed by atoms with van der Waals surface area (Å²) in [6, 6.07) is 14.9. The number of hydrogen-bond donors (Lipinski definition) is 1. The molecule has 2 aromatic carbocycles. The molecule has 0 saturated heterocycles. The number of methoxy groups -OCH3 is 1. The van der Waals surface area contributed by atoms with Gasteiger partial charge < -0.3 is 66.7 Å². The lowest BCUT2D eigenvalue weighted by Gasteiger charge is -2.09. The summed E-state index contributed by atoms with van der Waals surface area (Å²) in [5.74, 6) is 1.03. The van der Waals surface area contributed by atoms with E-state index in [1.807, 2.05) is 36.4 Å². The first-order chi connectivity index (χ1) is 25.3. The number of ether oxygens (including phenoxy) is 13. The van der Waals surface area contributed by atoms with Crippen LogP contribution in [0.15, 0.2) is 48.5 Å². The van der Waals surface area contributed by atoms with E-state index in [1.54, 1.807) is 19.2 Å². The van der Waals surface area contributed by atoms with Crippen LogP contribution >= 0.6 is 0 Å². The lowest BCUT2D eigenvalue weighted by atomic mass is 10.1. The fourth-order valence-electron chi connectivity index (χ4n) is 4.06. The van der Waals surface area contributed by atoms with Crippen LogP contribution in [0.25, 0.3) is 11.1 Å². The Morgan fingerprint density at radius 1 is 0.314 bits per heavy atom. The van der Waals surface area contributed by atoms with Gasteiger partial charge in [-0.3, -0.25) is 0 Å². The van der Waals surface area contributed by atoms with Gasteiger partial charge in [-0.25, -0.2) is 0 Å². The molecule has 0 radical (unpaired) electrons. The molecule has 14 nitrogen and oxygen atoms in total. The summed E-state index contributed by atoms with van der Waals surface area (Å²) in [4.78, 5) is 0. The van der Waals surface area contributed by atoms with Gasteiger partial charge in [0.15, 0.2) is 0 Å². The molecule has 0 aromatic heterocycles. The number of aromatic hydroxyl groups is 1. The van der Waals surface area contributed by atoms with Crippen LogP contribution in [0.4, 0.5) is 0 Å². The van der Waals surface area contributed by atoms with E-state index in [0.717, 1.165) is 16.9 Å².